The highest BCUT2D eigenvalue weighted by Crippen LogP contribution is 2.33. The number of nitrogens with one attached hydrogen (secondary N) is 1. The zero-order chi connectivity index (χ0) is 11.4. The molecule has 1 saturated carbocycles. The minimum absolute atomic E-state index is 0.664. The summed E-state index contributed by atoms with van der Waals surface area (Å²) in [5.74, 6) is 1.85. The predicted molar refractivity (Wildman–Crippen MR) is 67.1 cm³/mol. The van der Waals surface area contributed by atoms with Crippen LogP contribution in [0.2, 0.25) is 0 Å². The van der Waals surface area contributed by atoms with Crippen molar-refractivity contribution in [2.24, 2.45) is 11.8 Å². The predicted octanol–water partition coefficient (Wildman–Crippen LogP) is 2.35. The van der Waals surface area contributed by atoms with Crippen LogP contribution in [0.3, 0.4) is 0 Å². The fourth-order valence-corrected chi connectivity index (χ4v) is 2.08. The van der Waals surface area contributed by atoms with Crippen LogP contribution in [0.5, 0.6) is 0 Å². The molecule has 2 heteroatoms. The molecule has 0 aromatic rings. The van der Waals surface area contributed by atoms with Crippen LogP contribution >= 0.6 is 0 Å². The number of hydrogen-bond donors (Lipinski definition) is 1. The van der Waals surface area contributed by atoms with Crippen molar-refractivity contribution in [1.82, 2.24) is 10.2 Å². The SMILES string of the molecule is CC(C)C1CC(NCCN(C)C(C)C)C1. The number of rotatable bonds is 6. The van der Waals surface area contributed by atoms with E-state index < -0.39 is 0 Å². The van der Waals surface area contributed by atoms with Gasteiger partial charge < -0.3 is 10.2 Å². The molecule has 0 bridgehead atoms. The van der Waals surface area contributed by atoms with E-state index in [-0.39, 0.29) is 0 Å². The van der Waals surface area contributed by atoms with E-state index in [0.29, 0.717) is 6.04 Å². The average Bonchev–Trinajstić information content (AvgIpc) is 2.07. The van der Waals surface area contributed by atoms with Gasteiger partial charge in [-0.1, -0.05) is 13.8 Å². The van der Waals surface area contributed by atoms with Crippen LogP contribution in [0, 0.1) is 11.8 Å². The lowest BCUT2D eigenvalue weighted by Gasteiger charge is -2.39. The third kappa shape index (κ3) is 4.12. The van der Waals surface area contributed by atoms with Crippen molar-refractivity contribution in [2.45, 2.75) is 52.6 Å². The Labute approximate surface area is 95.4 Å². The van der Waals surface area contributed by atoms with Crippen LogP contribution in [0.15, 0.2) is 0 Å². The van der Waals surface area contributed by atoms with Crippen molar-refractivity contribution < 1.29 is 0 Å². The molecule has 1 N–H and O–H groups in total. The van der Waals surface area contributed by atoms with E-state index in [1.54, 1.807) is 0 Å². The van der Waals surface area contributed by atoms with Crippen LogP contribution in [0.4, 0.5) is 0 Å². The quantitative estimate of drug-likeness (QED) is 0.727. The summed E-state index contributed by atoms with van der Waals surface area (Å²) >= 11 is 0. The van der Waals surface area contributed by atoms with Crippen molar-refractivity contribution in [1.29, 1.82) is 0 Å². The van der Waals surface area contributed by atoms with Crippen LogP contribution in [-0.2, 0) is 0 Å². The topological polar surface area (TPSA) is 15.3 Å². The molecule has 0 radical (unpaired) electrons. The maximum Gasteiger partial charge on any atom is 0.0107 e. The summed E-state index contributed by atoms with van der Waals surface area (Å²) in [6.45, 7) is 11.5. The molecular weight excluding hydrogens is 184 g/mol. The second-order valence-electron chi connectivity index (χ2n) is 5.70. The van der Waals surface area contributed by atoms with Crippen molar-refractivity contribution in [3.05, 3.63) is 0 Å². The third-order valence-electron chi connectivity index (χ3n) is 3.90. The van der Waals surface area contributed by atoms with Gasteiger partial charge in [0.1, 0.15) is 0 Å². The van der Waals surface area contributed by atoms with Crippen LogP contribution < -0.4 is 5.32 Å². The summed E-state index contributed by atoms with van der Waals surface area (Å²) in [7, 11) is 2.20. The average molecular weight is 212 g/mol. The molecule has 1 rings (SSSR count). The highest BCUT2D eigenvalue weighted by Gasteiger charge is 2.30. The standard InChI is InChI=1S/C13H28N2/c1-10(2)12-8-13(9-12)14-6-7-15(5)11(3)4/h10-14H,6-9H2,1-5H3. The lowest BCUT2D eigenvalue weighted by Crippen LogP contribution is -2.45. The molecule has 0 atom stereocenters. The van der Waals surface area contributed by atoms with E-state index >= 15 is 0 Å². The maximum atomic E-state index is 3.65. The van der Waals surface area contributed by atoms with E-state index in [2.05, 4.69) is 45.0 Å². The minimum atomic E-state index is 0.664. The van der Waals surface area contributed by atoms with Gasteiger partial charge in [0.15, 0.2) is 0 Å². The summed E-state index contributed by atoms with van der Waals surface area (Å²) < 4.78 is 0. The van der Waals surface area contributed by atoms with Crippen molar-refractivity contribution in [3.8, 4) is 0 Å². The lowest BCUT2D eigenvalue weighted by atomic mass is 9.74. The Hall–Kier alpha value is -0.0800. The minimum Gasteiger partial charge on any atom is -0.313 e. The summed E-state index contributed by atoms with van der Waals surface area (Å²) in [4.78, 5) is 2.39. The summed E-state index contributed by atoms with van der Waals surface area (Å²) in [5.41, 5.74) is 0. The number of hydrogen-bond acceptors (Lipinski definition) is 2. The van der Waals surface area contributed by atoms with Gasteiger partial charge in [0.2, 0.25) is 0 Å². The van der Waals surface area contributed by atoms with E-state index in [1.807, 2.05) is 0 Å². The summed E-state index contributed by atoms with van der Waals surface area (Å²) in [6, 6.07) is 1.47. The fraction of sp³-hybridized carbons (Fsp3) is 1.00. The number of nitrogens with zero attached hydrogens (tertiary/aromatic N) is 1. The van der Waals surface area contributed by atoms with Gasteiger partial charge in [-0.3, -0.25) is 0 Å². The molecule has 0 aliphatic heterocycles. The van der Waals surface area contributed by atoms with Gasteiger partial charge in [0.05, 0.1) is 0 Å². The Balaban J connectivity index is 1.99. The van der Waals surface area contributed by atoms with E-state index in [1.165, 1.54) is 19.4 Å². The molecule has 0 unspecified atom stereocenters. The largest absolute Gasteiger partial charge is 0.313 e. The molecule has 1 aliphatic carbocycles. The Morgan fingerprint density at radius 2 is 1.80 bits per heavy atom. The molecular formula is C13H28N2. The molecule has 1 aliphatic rings. The molecule has 90 valence electrons. The Morgan fingerprint density at radius 1 is 1.20 bits per heavy atom. The van der Waals surface area contributed by atoms with Crippen molar-refractivity contribution in [2.75, 3.05) is 20.1 Å². The van der Waals surface area contributed by atoms with E-state index in [9.17, 15) is 0 Å². The first-order chi connectivity index (χ1) is 7.00. The zero-order valence-corrected chi connectivity index (χ0v) is 11.1. The van der Waals surface area contributed by atoms with Gasteiger partial charge in [-0.05, 0) is 45.6 Å². The molecule has 0 saturated heterocycles. The van der Waals surface area contributed by atoms with Crippen LogP contribution in [0.25, 0.3) is 0 Å². The van der Waals surface area contributed by atoms with E-state index in [4.69, 9.17) is 0 Å². The second kappa shape index (κ2) is 5.86. The summed E-state index contributed by atoms with van der Waals surface area (Å²) in [5, 5.41) is 3.65. The van der Waals surface area contributed by atoms with Gasteiger partial charge in [0, 0.05) is 25.2 Å². The van der Waals surface area contributed by atoms with Crippen LogP contribution in [-0.4, -0.2) is 37.1 Å². The normalized spacial score (nSPS) is 26.4. The number of likely N-dealkylation sites (N-methyl/N-ethyl adjacent to an activating group) is 1. The molecule has 0 spiro atoms. The molecule has 2 nitrogen and oxygen atoms in total. The first kappa shape index (κ1) is 13.0. The maximum absolute atomic E-state index is 3.65. The summed E-state index contributed by atoms with van der Waals surface area (Å²) in [6.07, 6.45) is 2.78. The highest BCUT2D eigenvalue weighted by atomic mass is 15.1. The molecule has 0 amide bonds. The second-order valence-corrected chi connectivity index (χ2v) is 5.70. The van der Waals surface area contributed by atoms with Gasteiger partial charge in [-0.2, -0.15) is 0 Å². The Morgan fingerprint density at radius 3 is 2.27 bits per heavy atom. The van der Waals surface area contributed by atoms with Gasteiger partial charge >= 0.3 is 0 Å². The first-order valence-corrected chi connectivity index (χ1v) is 6.44. The van der Waals surface area contributed by atoms with Gasteiger partial charge in [-0.25, -0.2) is 0 Å². The highest BCUT2D eigenvalue weighted by molar-refractivity contribution is 4.86. The molecule has 1 fully saturated rings. The van der Waals surface area contributed by atoms with Crippen molar-refractivity contribution in [3.63, 3.8) is 0 Å². The fourth-order valence-electron chi connectivity index (χ4n) is 2.08. The monoisotopic (exact) mass is 212 g/mol. The first-order valence-electron chi connectivity index (χ1n) is 6.44. The molecule has 0 aromatic carbocycles. The van der Waals surface area contributed by atoms with Gasteiger partial charge in [0.25, 0.3) is 0 Å². The Bertz CT molecular complexity index is 171. The van der Waals surface area contributed by atoms with Crippen LogP contribution in [0.1, 0.15) is 40.5 Å². The lowest BCUT2D eigenvalue weighted by molar-refractivity contribution is 0.162. The molecule has 0 heterocycles. The third-order valence-corrected chi connectivity index (χ3v) is 3.90. The smallest absolute Gasteiger partial charge is 0.0107 e. The van der Waals surface area contributed by atoms with Gasteiger partial charge in [-0.15, -0.1) is 0 Å². The van der Waals surface area contributed by atoms with Crippen molar-refractivity contribution >= 4 is 0 Å². The Kier molecular flexibility index (Phi) is 5.07. The van der Waals surface area contributed by atoms with E-state index in [0.717, 1.165) is 24.4 Å². The zero-order valence-electron chi connectivity index (χ0n) is 11.1. The molecule has 15 heavy (non-hydrogen) atoms. The molecule has 0 aromatic heterocycles.